The fourth-order valence-electron chi connectivity index (χ4n) is 3.15. The monoisotopic (exact) mass is 411 g/mol. The van der Waals surface area contributed by atoms with E-state index in [0.717, 1.165) is 29.5 Å². The summed E-state index contributed by atoms with van der Waals surface area (Å²) in [4.78, 5) is 17.7. The summed E-state index contributed by atoms with van der Waals surface area (Å²) in [5, 5.41) is 3.15. The first-order valence-electron chi connectivity index (χ1n) is 8.71. The van der Waals surface area contributed by atoms with Crippen LogP contribution in [0.15, 0.2) is 24.4 Å². The van der Waals surface area contributed by atoms with Gasteiger partial charge in [-0.2, -0.15) is 4.31 Å². The van der Waals surface area contributed by atoms with Gasteiger partial charge in [-0.15, -0.1) is 11.3 Å². The number of nitrogens with zero attached hydrogens (tertiary/aromatic N) is 2. The lowest BCUT2D eigenvalue weighted by Crippen LogP contribution is -2.49. The predicted molar refractivity (Wildman–Crippen MR) is 104 cm³/mol. The number of nitrogens with one attached hydrogen (secondary N) is 1. The number of benzene rings is 1. The van der Waals surface area contributed by atoms with Gasteiger partial charge in [0.15, 0.2) is 5.13 Å². The zero-order valence-electron chi connectivity index (χ0n) is 15.2. The van der Waals surface area contributed by atoms with Crippen molar-refractivity contribution in [1.82, 2.24) is 9.29 Å². The highest BCUT2D eigenvalue weighted by molar-refractivity contribution is 7.88. The number of halogens is 1. The maximum Gasteiger partial charge on any atom is 0.244 e. The minimum atomic E-state index is -3.44. The van der Waals surface area contributed by atoms with Crippen molar-refractivity contribution in [3.05, 3.63) is 46.2 Å². The average molecular weight is 412 g/mol. The highest BCUT2D eigenvalue weighted by Gasteiger charge is 2.34. The van der Waals surface area contributed by atoms with Crippen LogP contribution >= 0.6 is 11.3 Å². The fraction of sp³-hybridized carbons (Fsp3) is 0.444. The second-order valence-corrected chi connectivity index (χ2v) is 9.82. The normalized spacial score (nSPS) is 18.4. The van der Waals surface area contributed by atoms with Gasteiger partial charge in [0.25, 0.3) is 0 Å². The lowest BCUT2D eigenvalue weighted by Gasteiger charge is -2.32. The first-order valence-corrected chi connectivity index (χ1v) is 11.4. The number of hydrogen-bond donors (Lipinski definition) is 1. The van der Waals surface area contributed by atoms with Crippen LogP contribution in [0.5, 0.6) is 0 Å². The fourth-order valence-corrected chi connectivity index (χ4v) is 5.12. The van der Waals surface area contributed by atoms with Gasteiger partial charge in [0.05, 0.1) is 6.26 Å². The Morgan fingerprint density at radius 1 is 1.41 bits per heavy atom. The molecular formula is C18H22FN3O3S2. The Morgan fingerprint density at radius 2 is 2.19 bits per heavy atom. The summed E-state index contributed by atoms with van der Waals surface area (Å²) >= 11 is 1.31. The predicted octanol–water partition coefficient (Wildman–Crippen LogP) is 2.93. The SMILES string of the molecule is Cc1ccc(Cc2cnc(NC(=O)[C@H]3CCCCN3S(C)(=O)=O)s2)cc1F. The van der Waals surface area contributed by atoms with E-state index in [0.29, 0.717) is 30.1 Å². The largest absolute Gasteiger partial charge is 0.301 e. The molecule has 27 heavy (non-hydrogen) atoms. The molecule has 0 saturated carbocycles. The molecule has 0 unspecified atom stereocenters. The van der Waals surface area contributed by atoms with Gasteiger partial charge < -0.3 is 5.32 Å². The number of amides is 1. The molecule has 3 rings (SSSR count). The third-order valence-electron chi connectivity index (χ3n) is 4.58. The third-order valence-corrected chi connectivity index (χ3v) is 6.78. The van der Waals surface area contributed by atoms with Crippen molar-refractivity contribution in [3.8, 4) is 0 Å². The summed E-state index contributed by atoms with van der Waals surface area (Å²) in [7, 11) is -3.44. The topological polar surface area (TPSA) is 79.4 Å². The molecule has 1 aliphatic heterocycles. The van der Waals surface area contributed by atoms with E-state index in [2.05, 4.69) is 10.3 Å². The van der Waals surface area contributed by atoms with Crippen LogP contribution in [0.4, 0.5) is 9.52 Å². The van der Waals surface area contributed by atoms with Crippen molar-refractivity contribution in [2.24, 2.45) is 0 Å². The number of thiazole rings is 1. The smallest absolute Gasteiger partial charge is 0.244 e. The quantitative estimate of drug-likeness (QED) is 0.820. The van der Waals surface area contributed by atoms with E-state index in [-0.39, 0.29) is 11.7 Å². The molecular weight excluding hydrogens is 389 g/mol. The zero-order chi connectivity index (χ0) is 19.6. The van der Waals surface area contributed by atoms with E-state index >= 15 is 0 Å². The molecule has 1 aromatic heterocycles. The molecule has 9 heteroatoms. The Balaban J connectivity index is 1.67. The van der Waals surface area contributed by atoms with Crippen LogP contribution in [0.1, 0.15) is 35.3 Å². The van der Waals surface area contributed by atoms with Crippen molar-refractivity contribution in [2.75, 3.05) is 18.1 Å². The van der Waals surface area contributed by atoms with Crippen molar-refractivity contribution in [1.29, 1.82) is 0 Å². The Labute approximate surface area is 162 Å². The number of aryl methyl sites for hydroxylation is 1. The molecule has 146 valence electrons. The number of piperidine rings is 1. The standard InChI is InChI=1S/C18H22FN3O3S2/c1-12-6-7-13(10-15(12)19)9-14-11-20-18(26-14)21-17(23)16-5-3-4-8-22(16)27(2,24)25/h6-7,10-11,16H,3-5,8-9H2,1-2H3,(H,20,21,23)/t16-/m1/s1. The molecule has 1 saturated heterocycles. The summed E-state index contributed by atoms with van der Waals surface area (Å²) in [6.45, 7) is 2.07. The van der Waals surface area contributed by atoms with Gasteiger partial charge in [-0.1, -0.05) is 18.6 Å². The summed E-state index contributed by atoms with van der Waals surface area (Å²) in [6.07, 6.45) is 5.36. The second kappa shape index (κ2) is 8.04. The van der Waals surface area contributed by atoms with Crippen LogP contribution in [0.2, 0.25) is 0 Å². The van der Waals surface area contributed by atoms with Crippen molar-refractivity contribution < 1.29 is 17.6 Å². The van der Waals surface area contributed by atoms with Crippen LogP contribution in [0.3, 0.4) is 0 Å². The lowest BCUT2D eigenvalue weighted by molar-refractivity contribution is -0.120. The van der Waals surface area contributed by atoms with E-state index in [1.807, 2.05) is 6.07 Å². The first kappa shape index (κ1) is 19.9. The highest BCUT2D eigenvalue weighted by atomic mass is 32.2. The molecule has 1 atom stereocenters. The molecule has 0 spiro atoms. The minimum Gasteiger partial charge on any atom is -0.301 e. The second-order valence-electron chi connectivity index (χ2n) is 6.77. The number of carbonyl (C=O) groups is 1. The molecule has 0 bridgehead atoms. The van der Waals surface area contributed by atoms with Crippen molar-refractivity contribution in [3.63, 3.8) is 0 Å². The molecule has 6 nitrogen and oxygen atoms in total. The van der Waals surface area contributed by atoms with Gasteiger partial charge in [-0.25, -0.2) is 17.8 Å². The van der Waals surface area contributed by atoms with Gasteiger partial charge >= 0.3 is 0 Å². The van der Waals surface area contributed by atoms with E-state index < -0.39 is 16.1 Å². The van der Waals surface area contributed by atoms with E-state index in [4.69, 9.17) is 0 Å². The van der Waals surface area contributed by atoms with Crippen molar-refractivity contribution in [2.45, 2.75) is 38.6 Å². The number of anilines is 1. The van der Waals surface area contributed by atoms with Crippen LogP contribution in [-0.4, -0.2) is 42.5 Å². The first-order chi connectivity index (χ1) is 12.7. The Hall–Kier alpha value is -1.84. The molecule has 1 aliphatic rings. The van der Waals surface area contributed by atoms with Gasteiger partial charge in [0.2, 0.25) is 15.9 Å². The highest BCUT2D eigenvalue weighted by Crippen LogP contribution is 2.25. The lowest BCUT2D eigenvalue weighted by atomic mass is 10.0. The number of sulfonamides is 1. The molecule has 1 aromatic carbocycles. The van der Waals surface area contributed by atoms with E-state index in [1.165, 1.54) is 21.7 Å². The van der Waals surface area contributed by atoms with E-state index in [1.54, 1.807) is 19.2 Å². The third kappa shape index (κ3) is 4.91. The van der Waals surface area contributed by atoms with Crippen LogP contribution < -0.4 is 5.32 Å². The van der Waals surface area contributed by atoms with Gasteiger partial charge in [0, 0.05) is 24.0 Å². The summed E-state index contributed by atoms with van der Waals surface area (Å²) in [6, 6.07) is 4.39. The maximum atomic E-state index is 13.7. The summed E-state index contributed by atoms with van der Waals surface area (Å²) < 4.78 is 38.8. The molecule has 2 heterocycles. The van der Waals surface area contributed by atoms with Crippen LogP contribution in [-0.2, 0) is 21.2 Å². The summed E-state index contributed by atoms with van der Waals surface area (Å²) in [5.74, 6) is -0.605. The number of carbonyl (C=O) groups excluding carboxylic acids is 1. The minimum absolute atomic E-state index is 0.247. The van der Waals surface area contributed by atoms with Crippen molar-refractivity contribution >= 4 is 32.4 Å². The Kier molecular flexibility index (Phi) is 5.92. The van der Waals surface area contributed by atoms with Crippen LogP contribution in [0, 0.1) is 12.7 Å². The van der Waals surface area contributed by atoms with E-state index in [9.17, 15) is 17.6 Å². The number of hydrogen-bond acceptors (Lipinski definition) is 5. The zero-order valence-corrected chi connectivity index (χ0v) is 16.9. The summed E-state index contributed by atoms with van der Waals surface area (Å²) in [5.41, 5.74) is 1.43. The van der Waals surface area contributed by atoms with Gasteiger partial charge in [0.1, 0.15) is 11.9 Å². The molecule has 0 aliphatic carbocycles. The van der Waals surface area contributed by atoms with Crippen LogP contribution in [0.25, 0.3) is 0 Å². The Bertz CT molecular complexity index is 943. The molecule has 0 radical (unpaired) electrons. The number of rotatable bonds is 5. The molecule has 2 aromatic rings. The molecule has 1 N–H and O–H groups in total. The van der Waals surface area contributed by atoms with Gasteiger partial charge in [-0.3, -0.25) is 4.79 Å². The molecule has 1 amide bonds. The average Bonchev–Trinajstić information content (AvgIpc) is 3.04. The number of aromatic nitrogens is 1. The maximum absolute atomic E-state index is 13.7. The molecule has 1 fully saturated rings. The van der Waals surface area contributed by atoms with Gasteiger partial charge in [-0.05, 0) is 37.0 Å². The Morgan fingerprint density at radius 3 is 2.89 bits per heavy atom.